The number of carbonyl (C=O) groups excluding carboxylic acids is 3. The Balaban J connectivity index is 1.53. The molecule has 1 aromatic carbocycles. The maximum absolute atomic E-state index is 14.7. The number of nitrogens with one attached hydrogen (secondary N) is 2. The third-order valence-electron chi connectivity index (χ3n) is 6.30. The van der Waals surface area contributed by atoms with Crippen LogP contribution in [-0.4, -0.2) is 72.0 Å². The molecule has 186 valence electrons. The quantitative estimate of drug-likeness (QED) is 0.590. The second kappa shape index (κ2) is 10.4. The highest BCUT2D eigenvalue weighted by atomic mass is 19.1. The fraction of sp³-hybridized carbons (Fsp3) is 0.440. The van der Waals surface area contributed by atoms with Crippen LogP contribution in [0.25, 0.3) is 0 Å². The van der Waals surface area contributed by atoms with Crippen molar-refractivity contribution in [2.24, 2.45) is 0 Å². The Morgan fingerprint density at radius 2 is 1.86 bits per heavy atom. The number of likely N-dealkylation sites (tertiary alicyclic amines) is 1. The highest BCUT2D eigenvalue weighted by Gasteiger charge is 2.40. The molecule has 2 aromatic rings. The fourth-order valence-electron chi connectivity index (χ4n) is 4.25. The van der Waals surface area contributed by atoms with Crippen molar-refractivity contribution in [3.63, 3.8) is 0 Å². The van der Waals surface area contributed by atoms with Gasteiger partial charge in [0, 0.05) is 26.1 Å². The summed E-state index contributed by atoms with van der Waals surface area (Å²) >= 11 is 0. The zero-order valence-corrected chi connectivity index (χ0v) is 19.7. The van der Waals surface area contributed by atoms with Crippen LogP contribution < -0.4 is 10.6 Å². The SMILES string of the molecule is CN(C)C(=O)NCC(=O)N1C[C@H](F)C[C@H]1C(=O)N[C@@H](c1ccccc1)c1ccc(C2CC2)c(F)n1. The van der Waals surface area contributed by atoms with Gasteiger partial charge in [-0.1, -0.05) is 36.4 Å². The standard InChI is InChI=1S/C25H29F2N5O3/c1-31(2)25(35)28-13-21(33)32-14-17(26)12-20(32)24(34)30-22(16-6-4-3-5-7-16)19-11-10-18(15-8-9-15)23(27)29-19/h3-7,10-11,15,17,20,22H,8-9,12-14H2,1-2H3,(H,28,35)(H,30,34)/t17-,20+,22+/m1/s1. The number of pyridine rings is 1. The number of hydrogen-bond acceptors (Lipinski definition) is 4. The molecule has 0 unspecified atom stereocenters. The van der Waals surface area contributed by atoms with Gasteiger partial charge in [0.1, 0.15) is 12.2 Å². The third kappa shape index (κ3) is 5.75. The predicted molar refractivity (Wildman–Crippen MR) is 125 cm³/mol. The van der Waals surface area contributed by atoms with E-state index in [0.29, 0.717) is 16.8 Å². The van der Waals surface area contributed by atoms with Gasteiger partial charge in [0.15, 0.2) is 0 Å². The molecule has 2 heterocycles. The molecule has 2 fully saturated rings. The number of halogens is 2. The second-order valence-electron chi connectivity index (χ2n) is 9.19. The zero-order valence-electron chi connectivity index (χ0n) is 19.7. The molecule has 1 aromatic heterocycles. The van der Waals surface area contributed by atoms with Gasteiger partial charge >= 0.3 is 6.03 Å². The van der Waals surface area contributed by atoms with E-state index in [-0.39, 0.29) is 25.4 Å². The summed E-state index contributed by atoms with van der Waals surface area (Å²) in [6, 6.07) is 10.1. The maximum atomic E-state index is 14.7. The van der Waals surface area contributed by atoms with Crippen LogP contribution in [0.5, 0.6) is 0 Å². The highest BCUT2D eigenvalue weighted by Crippen LogP contribution is 2.41. The van der Waals surface area contributed by atoms with Gasteiger partial charge in [0.25, 0.3) is 0 Å². The molecular weight excluding hydrogens is 456 g/mol. The molecule has 3 atom stereocenters. The number of urea groups is 1. The van der Waals surface area contributed by atoms with E-state index in [4.69, 9.17) is 0 Å². The lowest BCUT2D eigenvalue weighted by Crippen LogP contribution is -2.50. The van der Waals surface area contributed by atoms with Crippen LogP contribution in [0.15, 0.2) is 42.5 Å². The Bertz CT molecular complexity index is 1090. The number of nitrogens with zero attached hydrogens (tertiary/aromatic N) is 3. The lowest BCUT2D eigenvalue weighted by Gasteiger charge is -2.27. The molecule has 4 amide bonds. The normalized spacial score (nSPS) is 20.3. The van der Waals surface area contributed by atoms with Gasteiger partial charge in [-0.05, 0) is 30.4 Å². The number of alkyl halides is 1. The molecule has 1 aliphatic heterocycles. The van der Waals surface area contributed by atoms with Crippen LogP contribution in [0, 0.1) is 5.95 Å². The topological polar surface area (TPSA) is 94.6 Å². The fourth-order valence-corrected chi connectivity index (χ4v) is 4.25. The number of benzene rings is 1. The molecule has 0 bridgehead atoms. The summed E-state index contributed by atoms with van der Waals surface area (Å²) in [7, 11) is 3.06. The first-order chi connectivity index (χ1) is 16.7. The zero-order chi connectivity index (χ0) is 25.1. The molecule has 1 saturated heterocycles. The summed E-state index contributed by atoms with van der Waals surface area (Å²) in [5.41, 5.74) is 1.56. The van der Waals surface area contributed by atoms with Crippen molar-refractivity contribution in [3.8, 4) is 0 Å². The summed E-state index contributed by atoms with van der Waals surface area (Å²) in [6.07, 6.45) is 0.329. The third-order valence-corrected chi connectivity index (χ3v) is 6.30. The first-order valence-electron chi connectivity index (χ1n) is 11.6. The molecule has 0 radical (unpaired) electrons. The number of rotatable bonds is 7. The smallest absolute Gasteiger partial charge is 0.317 e. The summed E-state index contributed by atoms with van der Waals surface area (Å²) < 4.78 is 29.0. The van der Waals surface area contributed by atoms with Crippen LogP contribution in [0.1, 0.15) is 48.0 Å². The number of aromatic nitrogens is 1. The van der Waals surface area contributed by atoms with Gasteiger partial charge < -0.3 is 20.4 Å². The molecule has 2 N–H and O–H groups in total. The largest absolute Gasteiger partial charge is 0.342 e. The summed E-state index contributed by atoms with van der Waals surface area (Å²) in [4.78, 5) is 44.3. The van der Waals surface area contributed by atoms with E-state index in [1.807, 2.05) is 6.07 Å². The van der Waals surface area contributed by atoms with E-state index < -0.39 is 42.0 Å². The Morgan fingerprint density at radius 3 is 2.49 bits per heavy atom. The van der Waals surface area contributed by atoms with Crippen LogP contribution in [0.3, 0.4) is 0 Å². The van der Waals surface area contributed by atoms with Gasteiger partial charge in [0.2, 0.25) is 17.8 Å². The molecule has 35 heavy (non-hydrogen) atoms. The Hall–Kier alpha value is -3.56. The highest BCUT2D eigenvalue weighted by molar-refractivity contribution is 5.91. The molecule has 8 nitrogen and oxygen atoms in total. The van der Waals surface area contributed by atoms with Crippen molar-refractivity contribution in [1.82, 2.24) is 25.4 Å². The van der Waals surface area contributed by atoms with Crippen LogP contribution >= 0.6 is 0 Å². The van der Waals surface area contributed by atoms with Crippen molar-refractivity contribution < 1.29 is 23.2 Å². The van der Waals surface area contributed by atoms with Crippen LogP contribution in [0.4, 0.5) is 13.6 Å². The summed E-state index contributed by atoms with van der Waals surface area (Å²) in [5, 5.41) is 5.29. The Kier molecular flexibility index (Phi) is 7.28. The van der Waals surface area contributed by atoms with Crippen molar-refractivity contribution in [1.29, 1.82) is 0 Å². The minimum atomic E-state index is -1.37. The monoisotopic (exact) mass is 485 g/mol. The molecule has 1 aliphatic carbocycles. The van der Waals surface area contributed by atoms with E-state index in [1.54, 1.807) is 36.4 Å². The van der Waals surface area contributed by atoms with Gasteiger partial charge in [-0.25, -0.2) is 14.2 Å². The Labute approximate surface area is 202 Å². The van der Waals surface area contributed by atoms with Gasteiger partial charge in [0.05, 0.1) is 24.8 Å². The van der Waals surface area contributed by atoms with E-state index in [9.17, 15) is 23.2 Å². The molecule has 10 heteroatoms. The van der Waals surface area contributed by atoms with Crippen molar-refractivity contribution >= 4 is 17.8 Å². The van der Waals surface area contributed by atoms with Crippen LogP contribution in [-0.2, 0) is 9.59 Å². The van der Waals surface area contributed by atoms with Crippen LogP contribution in [0.2, 0.25) is 0 Å². The Morgan fingerprint density at radius 1 is 1.14 bits per heavy atom. The van der Waals surface area contributed by atoms with Gasteiger partial charge in [-0.2, -0.15) is 4.39 Å². The number of amides is 4. The molecule has 4 rings (SSSR count). The predicted octanol–water partition coefficient (Wildman–Crippen LogP) is 2.51. The average molecular weight is 486 g/mol. The first-order valence-corrected chi connectivity index (χ1v) is 11.6. The van der Waals surface area contributed by atoms with Gasteiger partial charge in [-0.3, -0.25) is 9.59 Å². The molecule has 0 spiro atoms. The van der Waals surface area contributed by atoms with E-state index in [2.05, 4.69) is 15.6 Å². The van der Waals surface area contributed by atoms with Gasteiger partial charge in [-0.15, -0.1) is 0 Å². The second-order valence-corrected chi connectivity index (χ2v) is 9.19. The first kappa shape index (κ1) is 24.6. The average Bonchev–Trinajstić information content (AvgIpc) is 3.61. The van der Waals surface area contributed by atoms with Crippen molar-refractivity contribution in [2.45, 2.75) is 43.4 Å². The van der Waals surface area contributed by atoms with Crippen molar-refractivity contribution in [3.05, 3.63) is 65.2 Å². The van der Waals surface area contributed by atoms with E-state index >= 15 is 0 Å². The minimum absolute atomic E-state index is 0.164. The number of hydrogen-bond donors (Lipinski definition) is 2. The lowest BCUT2D eigenvalue weighted by atomic mass is 10.0. The number of carbonyl (C=O) groups is 3. The van der Waals surface area contributed by atoms with E-state index in [1.165, 1.54) is 19.0 Å². The molecule has 1 saturated carbocycles. The summed E-state index contributed by atoms with van der Waals surface area (Å²) in [6.45, 7) is -0.598. The maximum Gasteiger partial charge on any atom is 0.317 e. The minimum Gasteiger partial charge on any atom is -0.342 e. The molecule has 2 aliphatic rings. The lowest BCUT2D eigenvalue weighted by molar-refractivity contribution is -0.137. The van der Waals surface area contributed by atoms with Crippen molar-refractivity contribution in [2.75, 3.05) is 27.2 Å². The van der Waals surface area contributed by atoms with E-state index in [0.717, 1.165) is 17.7 Å². The summed E-state index contributed by atoms with van der Waals surface area (Å²) in [5.74, 6) is -1.50. The molecular formula is C25H29F2N5O3.